The fraction of sp³-hybridized carbons (Fsp3) is 0.333. The second-order valence-corrected chi connectivity index (χ2v) is 9.45. The highest BCUT2D eigenvalue weighted by atomic mass is 32.1. The minimum atomic E-state index is -5.37. The highest BCUT2D eigenvalue weighted by Crippen LogP contribution is 2.30. The predicted octanol–water partition coefficient (Wildman–Crippen LogP) is 4.05. The number of alkyl halides is 3. The third kappa shape index (κ3) is 5.42. The molecule has 0 saturated carbocycles. The van der Waals surface area contributed by atoms with Gasteiger partial charge < -0.3 is 9.80 Å². The molecule has 2 amide bonds. The number of hydroxylamine groups is 2. The van der Waals surface area contributed by atoms with Gasteiger partial charge in [-0.15, -0.1) is 0 Å². The normalized spacial score (nSPS) is 20.4. The molecule has 3 heterocycles. The minimum Gasteiger partial charge on any atom is -0.367 e. The molecule has 1 saturated heterocycles. The van der Waals surface area contributed by atoms with E-state index in [-0.39, 0.29) is 16.7 Å². The summed E-state index contributed by atoms with van der Waals surface area (Å²) in [4.78, 5) is 46.0. The molecule has 2 aliphatic rings. The number of amides is 2. The number of anilines is 1. The van der Waals surface area contributed by atoms with E-state index in [0.717, 1.165) is 24.0 Å². The standard InChI is InChI=1S/C24H23F4N4O4S/c1-15-12-29-32(22(34)16(15)2,36-23(35)24(26,27)28)13-17-3-4-20(25)19(11-17)21(33)31-8-6-30(7-9-31)18-5-10-37-14-18/h3-5,10-12,14H,6-9,13H2,1-2H3/q+1. The van der Waals surface area contributed by atoms with Crippen molar-refractivity contribution >= 4 is 41.0 Å². The third-order valence-electron chi connectivity index (χ3n) is 6.23. The monoisotopic (exact) mass is 539 g/mol. The SMILES string of the molecule is CC1=C(C)C(=O)[N+](Cc2ccc(F)c(C(=O)N3CCN(c4ccsc4)CC3)c2)(OC(=O)C(F)(F)F)N=C1. The molecule has 0 N–H and O–H groups in total. The number of carbonyl (C=O) groups is 3. The van der Waals surface area contributed by atoms with Crippen molar-refractivity contribution < 1.29 is 41.5 Å². The first-order valence-electron chi connectivity index (χ1n) is 11.2. The van der Waals surface area contributed by atoms with Crippen LogP contribution in [0.4, 0.5) is 23.2 Å². The molecular weight excluding hydrogens is 516 g/mol. The Hall–Kier alpha value is -3.58. The quantitative estimate of drug-likeness (QED) is 0.423. The van der Waals surface area contributed by atoms with Gasteiger partial charge in [-0.1, -0.05) is 6.07 Å². The summed E-state index contributed by atoms with van der Waals surface area (Å²) in [6.45, 7) is 4.00. The van der Waals surface area contributed by atoms with Crippen LogP contribution in [0.3, 0.4) is 0 Å². The molecule has 0 radical (unpaired) electrons. The van der Waals surface area contributed by atoms with Gasteiger partial charge in [0.15, 0.2) is 6.54 Å². The van der Waals surface area contributed by atoms with Crippen molar-refractivity contribution in [1.82, 2.24) is 4.90 Å². The summed E-state index contributed by atoms with van der Waals surface area (Å²) in [5.74, 6) is -5.01. The molecule has 2 aliphatic heterocycles. The molecule has 13 heteroatoms. The van der Waals surface area contributed by atoms with Crippen molar-refractivity contribution in [2.75, 3.05) is 31.1 Å². The third-order valence-corrected chi connectivity index (χ3v) is 6.90. The summed E-state index contributed by atoms with van der Waals surface area (Å²) in [7, 11) is 0. The molecule has 1 fully saturated rings. The Labute approximate surface area is 213 Å². The smallest absolute Gasteiger partial charge is 0.367 e. The Morgan fingerprint density at radius 2 is 1.84 bits per heavy atom. The number of benzene rings is 1. The largest absolute Gasteiger partial charge is 0.497 e. The molecule has 1 unspecified atom stereocenters. The molecule has 196 valence electrons. The van der Waals surface area contributed by atoms with Gasteiger partial charge in [-0.2, -0.15) is 24.5 Å². The topological polar surface area (TPSA) is 79.3 Å². The lowest BCUT2D eigenvalue weighted by Crippen LogP contribution is -2.53. The number of thiophene rings is 1. The number of hydrogen-bond acceptors (Lipinski definition) is 7. The van der Waals surface area contributed by atoms with E-state index in [2.05, 4.69) is 14.8 Å². The Balaban J connectivity index is 1.57. The molecule has 1 atom stereocenters. The van der Waals surface area contributed by atoms with Crippen molar-refractivity contribution in [2.45, 2.75) is 26.6 Å². The zero-order chi connectivity index (χ0) is 27.0. The van der Waals surface area contributed by atoms with Gasteiger partial charge in [0, 0.05) is 42.8 Å². The van der Waals surface area contributed by atoms with Gasteiger partial charge in [0.1, 0.15) is 5.82 Å². The number of carbonyl (C=O) groups excluding carboxylic acids is 3. The van der Waals surface area contributed by atoms with E-state index in [0.29, 0.717) is 31.8 Å². The van der Waals surface area contributed by atoms with Crippen LogP contribution in [0.25, 0.3) is 0 Å². The van der Waals surface area contributed by atoms with Gasteiger partial charge in [-0.3, -0.25) is 4.79 Å². The molecule has 1 aromatic carbocycles. The van der Waals surface area contributed by atoms with Gasteiger partial charge in [-0.05, 0) is 48.1 Å². The minimum absolute atomic E-state index is 0.0480. The van der Waals surface area contributed by atoms with Gasteiger partial charge in [0.05, 0.1) is 22.1 Å². The van der Waals surface area contributed by atoms with E-state index in [4.69, 9.17) is 0 Å². The summed E-state index contributed by atoms with van der Waals surface area (Å²) in [6.07, 6.45) is -4.25. The Morgan fingerprint density at radius 3 is 2.46 bits per heavy atom. The first-order valence-corrected chi connectivity index (χ1v) is 12.2. The number of nitrogens with zero attached hydrogens (tertiary/aromatic N) is 4. The van der Waals surface area contributed by atoms with Crippen LogP contribution in [0.5, 0.6) is 0 Å². The van der Waals surface area contributed by atoms with E-state index in [1.807, 2.05) is 16.8 Å². The highest BCUT2D eigenvalue weighted by molar-refractivity contribution is 7.08. The van der Waals surface area contributed by atoms with Crippen LogP contribution in [0.1, 0.15) is 29.8 Å². The van der Waals surface area contributed by atoms with Gasteiger partial charge in [0.2, 0.25) is 0 Å². The summed E-state index contributed by atoms with van der Waals surface area (Å²) in [5.41, 5.74) is 1.25. The van der Waals surface area contributed by atoms with Crippen LogP contribution < -0.4 is 4.90 Å². The molecule has 0 bridgehead atoms. The van der Waals surface area contributed by atoms with Crippen molar-refractivity contribution in [1.29, 1.82) is 0 Å². The van der Waals surface area contributed by atoms with Crippen molar-refractivity contribution in [3.8, 4) is 0 Å². The Kier molecular flexibility index (Phi) is 7.20. The Morgan fingerprint density at radius 1 is 1.14 bits per heavy atom. The lowest BCUT2D eigenvalue weighted by molar-refractivity contribution is -1.04. The summed E-state index contributed by atoms with van der Waals surface area (Å²) >= 11 is 1.56. The highest BCUT2D eigenvalue weighted by Gasteiger charge is 2.53. The molecule has 8 nitrogen and oxygen atoms in total. The van der Waals surface area contributed by atoms with Crippen molar-refractivity contribution in [3.05, 3.63) is 63.1 Å². The number of allylic oxidation sites excluding steroid dienone is 1. The van der Waals surface area contributed by atoms with E-state index in [1.165, 1.54) is 24.8 Å². The first-order chi connectivity index (χ1) is 17.4. The second-order valence-electron chi connectivity index (χ2n) is 8.67. The summed E-state index contributed by atoms with van der Waals surface area (Å²) in [6, 6.07) is 5.30. The van der Waals surface area contributed by atoms with Crippen molar-refractivity contribution in [3.63, 3.8) is 0 Å². The fourth-order valence-corrected chi connectivity index (χ4v) is 4.68. The maximum absolute atomic E-state index is 14.7. The van der Waals surface area contributed by atoms with Crippen LogP contribution in [-0.2, 0) is 21.0 Å². The van der Waals surface area contributed by atoms with Crippen LogP contribution in [-0.4, -0.2) is 66.0 Å². The maximum Gasteiger partial charge on any atom is 0.497 e. The van der Waals surface area contributed by atoms with Gasteiger partial charge in [-0.25, -0.2) is 18.8 Å². The molecule has 0 spiro atoms. The molecule has 4 rings (SSSR count). The molecule has 37 heavy (non-hydrogen) atoms. The van der Waals surface area contributed by atoms with Crippen LogP contribution in [0.2, 0.25) is 0 Å². The average Bonchev–Trinajstić information content (AvgIpc) is 3.40. The van der Waals surface area contributed by atoms with Gasteiger partial charge >= 0.3 is 18.1 Å². The number of hydrogen-bond donors (Lipinski definition) is 0. The zero-order valence-electron chi connectivity index (χ0n) is 19.9. The molecule has 0 aliphatic carbocycles. The first kappa shape index (κ1) is 26.5. The maximum atomic E-state index is 14.7. The number of quaternary nitrogens is 1. The number of rotatable bonds is 5. The number of piperazine rings is 1. The average molecular weight is 540 g/mol. The second kappa shape index (κ2) is 10.1. The molecule has 1 aromatic heterocycles. The van der Waals surface area contributed by atoms with E-state index in [1.54, 1.807) is 11.3 Å². The zero-order valence-corrected chi connectivity index (χ0v) is 20.7. The van der Waals surface area contributed by atoms with E-state index >= 15 is 0 Å². The molecular formula is C24H23F4N4O4S+. The summed E-state index contributed by atoms with van der Waals surface area (Å²) in [5, 5.41) is 7.75. The lowest BCUT2D eigenvalue weighted by Gasteiger charge is -2.35. The van der Waals surface area contributed by atoms with Gasteiger partial charge in [0.25, 0.3) is 5.91 Å². The van der Waals surface area contributed by atoms with Crippen molar-refractivity contribution in [2.24, 2.45) is 5.10 Å². The summed E-state index contributed by atoms with van der Waals surface area (Å²) < 4.78 is 52.0. The van der Waals surface area contributed by atoms with E-state index < -0.39 is 41.1 Å². The molecule has 2 aromatic rings. The van der Waals surface area contributed by atoms with E-state index in [9.17, 15) is 31.9 Å². The lowest BCUT2D eigenvalue weighted by atomic mass is 10.1. The Bertz CT molecular complexity index is 1280. The van der Waals surface area contributed by atoms with Crippen LogP contribution >= 0.6 is 11.3 Å². The predicted molar refractivity (Wildman–Crippen MR) is 127 cm³/mol. The number of halogens is 4. The van der Waals surface area contributed by atoms with Crippen LogP contribution in [0, 0.1) is 5.82 Å². The van der Waals surface area contributed by atoms with Crippen LogP contribution in [0.15, 0.2) is 51.3 Å². The fourth-order valence-electron chi connectivity index (χ4n) is 4.02.